The van der Waals surface area contributed by atoms with E-state index >= 15 is 0 Å². The summed E-state index contributed by atoms with van der Waals surface area (Å²) in [5.41, 5.74) is 1.94. The topological polar surface area (TPSA) is 65.5 Å². The Kier molecular flexibility index (Phi) is 7.01. The van der Waals surface area contributed by atoms with Gasteiger partial charge in [0.1, 0.15) is 0 Å². The number of hydrogen-bond acceptors (Lipinski definition) is 3. The summed E-state index contributed by atoms with van der Waals surface area (Å²) in [6.45, 7) is 7.29. The molecule has 6 heteroatoms. The van der Waals surface area contributed by atoms with Gasteiger partial charge in [-0.15, -0.1) is 11.3 Å². The van der Waals surface area contributed by atoms with E-state index in [1.807, 2.05) is 38.1 Å². The molecule has 2 aromatic rings. The van der Waals surface area contributed by atoms with E-state index < -0.39 is 0 Å². The smallest absolute Gasteiger partial charge is 0.226 e. The van der Waals surface area contributed by atoms with E-state index in [1.165, 1.54) is 9.75 Å². The number of carbonyl (C=O) groups is 1. The van der Waals surface area contributed by atoms with Gasteiger partial charge in [-0.25, -0.2) is 0 Å². The van der Waals surface area contributed by atoms with Crippen molar-refractivity contribution < 1.29 is 4.79 Å². The molecule has 1 heterocycles. The second kappa shape index (κ2) is 9.22. The van der Waals surface area contributed by atoms with Gasteiger partial charge in [-0.05, 0) is 36.8 Å². The van der Waals surface area contributed by atoms with Crippen LogP contribution >= 0.6 is 11.3 Å². The van der Waals surface area contributed by atoms with Gasteiger partial charge in [0.15, 0.2) is 5.96 Å². The Balaban J connectivity index is 1.81. The number of nitrogens with one attached hydrogen (secondary N) is 3. The molecule has 0 aliphatic rings. The Morgan fingerprint density at radius 2 is 1.76 bits per heavy atom. The maximum Gasteiger partial charge on any atom is 0.226 e. The van der Waals surface area contributed by atoms with Crippen molar-refractivity contribution in [2.45, 2.75) is 33.9 Å². The molecule has 1 aromatic heterocycles. The van der Waals surface area contributed by atoms with E-state index in [4.69, 9.17) is 0 Å². The third-order valence-corrected chi connectivity index (χ3v) is 4.66. The molecule has 134 valence electrons. The van der Waals surface area contributed by atoms with Crippen molar-refractivity contribution in [2.24, 2.45) is 10.9 Å². The maximum absolute atomic E-state index is 11.7. The van der Waals surface area contributed by atoms with Gasteiger partial charge in [0, 0.05) is 35.0 Å². The molecule has 0 saturated carbocycles. The van der Waals surface area contributed by atoms with Crippen LogP contribution in [0.4, 0.5) is 5.69 Å². The van der Waals surface area contributed by atoms with Crippen LogP contribution in [0.15, 0.2) is 41.4 Å². The summed E-state index contributed by atoms with van der Waals surface area (Å²) in [5.74, 6) is 0.769. The normalized spacial score (nSPS) is 11.5. The van der Waals surface area contributed by atoms with Crippen molar-refractivity contribution in [3.8, 4) is 0 Å². The minimum atomic E-state index is -0.0251. The highest BCUT2D eigenvalue weighted by Gasteiger charge is 2.07. The van der Waals surface area contributed by atoms with Crippen molar-refractivity contribution in [3.05, 3.63) is 51.7 Å². The third kappa shape index (κ3) is 6.23. The van der Waals surface area contributed by atoms with Crippen LogP contribution in [0.25, 0.3) is 0 Å². The van der Waals surface area contributed by atoms with Gasteiger partial charge in [-0.2, -0.15) is 0 Å². The number of aliphatic imine (C=N–C) groups is 1. The molecule has 0 fully saturated rings. The number of amides is 1. The second-order valence-electron chi connectivity index (χ2n) is 6.13. The number of benzene rings is 1. The number of nitrogens with zero attached hydrogens (tertiary/aromatic N) is 1. The fraction of sp³-hybridized carbons (Fsp3) is 0.368. The first-order valence-corrected chi connectivity index (χ1v) is 9.19. The van der Waals surface area contributed by atoms with Crippen LogP contribution in [0.2, 0.25) is 0 Å². The van der Waals surface area contributed by atoms with Crippen LogP contribution in [-0.2, 0) is 17.9 Å². The fourth-order valence-corrected chi connectivity index (χ4v) is 2.98. The van der Waals surface area contributed by atoms with Gasteiger partial charge in [0.2, 0.25) is 5.91 Å². The first-order valence-electron chi connectivity index (χ1n) is 8.37. The number of aryl methyl sites for hydroxylation is 1. The predicted molar refractivity (Wildman–Crippen MR) is 106 cm³/mol. The average molecular weight is 359 g/mol. The van der Waals surface area contributed by atoms with E-state index in [0.717, 1.165) is 23.8 Å². The molecule has 0 bridgehead atoms. The molecule has 5 nitrogen and oxygen atoms in total. The Morgan fingerprint density at radius 1 is 1.08 bits per heavy atom. The SMILES string of the molecule is CN=C(NCc1ccc(NC(=O)C(C)C)cc1)NCc1ccc(C)s1. The molecule has 1 aromatic carbocycles. The minimum absolute atomic E-state index is 0.0251. The first-order chi connectivity index (χ1) is 12.0. The average Bonchev–Trinajstić information content (AvgIpc) is 3.01. The summed E-state index contributed by atoms with van der Waals surface area (Å²) in [6.07, 6.45) is 0. The Bertz CT molecular complexity index is 719. The van der Waals surface area contributed by atoms with Crippen LogP contribution in [0, 0.1) is 12.8 Å². The van der Waals surface area contributed by atoms with Crippen molar-refractivity contribution >= 4 is 28.9 Å². The third-order valence-electron chi connectivity index (χ3n) is 3.66. The summed E-state index contributed by atoms with van der Waals surface area (Å²) in [4.78, 5) is 18.5. The molecular weight excluding hydrogens is 332 g/mol. The summed E-state index contributed by atoms with van der Waals surface area (Å²) >= 11 is 1.78. The first kappa shape index (κ1) is 19.0. The highest BCUT2D eigenvalue weighted by atomic mass is 32.1. The number of thiophene rings is 1. The zero-order valence-electron chi connectivity index (χ0n) is 15.2. The fourth-order valence-electron chi connectivity index (χ4n) is 2.15. The van der Waals surface area contributed by atoms with E-state index in [2.05, 4.69) is 40.0 Å². The summed E-state index contributed by atoms with van der Waals surface area (Å²) in [6, 6.07) is 12.1. The summed E-state index contributed by atoms with van der Waals surface area (Å²) in [5, 5.41) is 9.50. The molecule has 0 saturated heterocycles. The lowest BCUT2D eigenvalue weighted by atomic mass is 10.1. The van der Waals surface area contributed by atoms with Gasteiger partial charge in [-0.1, -0.05) is 26.0 Å². The number of hydrogen-bond donors (Lipinski definition) is 3. The van der Waals surface area contributed by atoms with E-state index in [9.17, 15) is 4.79 Å². The Morgan fingerprint density at radius 3 is 2.32 bits per heavy atom. The minimum Gasteiger partial charge on any atom is -0.352 e. The molecule has 1 amide bonds. The van der Waals surface area contributed by atoms with E-state index in [-0.39, 0.29) is 11.8 Å². The van der Waals surface area contributed by atoms with Crippen molar-refractivity contribution in [2.75, 3.05) is 12.4 Å². The van der Waals surface area contributed by atoms with Gasteiger partial charge >= 0.3 is 0 Å². The number of rotatable bonds is 6. The summed E-state index contributed by atoms with van der Waals surface area (Å²) in [7, 11) is 1.76. The zero-order valence-corrected chi connectivity index (χ0v) is 16.0. The number of carbonyl (C=O) groups excluding carboxylic acids is 1. The van der Waals surface area contributed by atoms with Crippen LogP contribution in [0.3, 0.4) is 0 Å². The number of anilines is 1. The molecule has 3 N–H and O–H groups in total. The monoisotopic (exact) mass is 358 g/mol. The largest absolute Gasteiger partial charge is 0.352 e. The van der Waals surface area contributed by atoms with Gasteiger partial charge in [0.25, 0.3) is 0 Å². The van der Waals surface area contributed by atoms with Crippen molar-refractivity contribution in [3.63, 3.8) is 0 Å². The van der Waals surface area contributed by atoms with Gasteiger partial charge in [0.05, 0.1) is 6.54 Å². The zero-order chi connectivity index (χ0) is 18.2. The van der Waals surface area contributed by atoms with Crippen LogP contribution < -0.4 is 16.0 Å². The van der Waals surface area contributed by atoms with Crippen LogP contribution in [-0.4, -0.2) is 18.9 Å². The lowest BCUT2D eigenvalue weighted by Crippen LogP contribution is -2.36. The van der Waals surface area contributed by atoms with E-state index in [0.29, 0.717) is 6.54 Å². The molecule has 0 aliphatic heterocycles. The van der Waals surface area contributed by atoms with Crippen molar-refractivity contribution in [1.29, 1.82) is 0 Å². The van der Waals surface area contributed by atoms with Crippen LogP contribution in [0.5, 0.6) is 0 Å². The standard InChI is InChI=1S/C19H26N4OS/c1-13(2)18(24)23-16-8-6-15(7-9-16)11-21-19(20-4)22-12-17-10-5-14(3)25-17/h5-10,13H,11-12H2,1-4H3,(H,23,24)(H2,20,21,22). The number of guanidine groups is 1. The molecule has 0 atom stereocenters. The lowest BCUT2D eigenvalue weighted by Gasteiger charge is -2.12. The quantitative estimate of drug-likeness (QED) is 0.547. The molecule has 0 radical (unpaired) electrons. The Labute approximate surface area is 153 Å². The van der Waals surface area contributed by atoms with Crippen molar-refractivity contribution in [1.82, 2.24) is 10.6 Å². The molecule has 2 rings (SSSR count). The Hall–Kier alpha value is -2.34. The molecule has 25 heavy (non-hydrogen) atoms. The van der Waals surface area contributed by atoms with Crippen LogP contribution in [0.1, 0.15) is 29.2 Å². The highest BCUT2D eigenvalue weighted by Crippen LogP contribution is 2.14. The lowest BCUT2D eigenvalue weighted by molar-refractivity contribution is -0.118. The molecular formula is C19H26N4OS. The maximum atomic E-state index is 11.7. The van der Waals surface area contributed by atoms with Gasteiger partial charge in [-0.3, -0.25) is 9.79 Å². The van der Waals surface area contributed by atoms with Gasteiger partial charge < -0.3 is 16.0 Å². The molecule has 0 aliphatic carbocycles. The predicted octanol–water partition coefficient (Wildman–Crippen LogP) is 3.52. The van der Waals surface area contributed by atoms with E-state index in [1.54, 1.807) is 18.4 Å². The molecule has 0 spiro atoms. The highest BCUT2D eigenvalue weighted by molar-refractivity contribution is 7.11. The summed E-state index contributed by atoms with van der Waals surface area (Å²) < 4.78 is 0. The molecule has 0 unspecified atom stereocenters. The second-order valence-corrected chi connectivity index (χ2v) is 7.51.